The molecule has 1 aromatic rings. The van der Waals surface area contributed by atoms with E-state index in [9.17, 15) is 4.79 Å². The molecule has 0 N–H and O–H groups in total. The second kappa shape index (κ2) is 6.28. The van der Waals surface area contributed by atoms with E-state index in [1.54, 1.807) is 19.2 Å². The Morgan fingerprint density at radius 3 is 1.94 bits per heavy atom. The summed E-state index contributed by atoms with van der Waals surface area (Å²) in [6, 6.07) is 3.32. The molecule has 0 aromatic heterocycles. The summed E-state index contributed by atoms with van der Waals surface area (Å²) < 4.78 is 16.4. The molecular formula is C14H20O4. The molecule has 1 aromatic carbocycles. The Morgan fingerprint density at radius 1 is 0.944 bits per heavy atom. The van der Waals surface area contributed by atoms with Crippen molar-refractivity contribution in [1.82, 2.24) is 0 Å². The summed E-state index contributed by atoms with van der Waals surface area (Å²) in [5.41, 5.74) is 0.455. The molecule has 4 nitrogen and oxygen atoms in total. The van der Waals surface area contributed by atoms with E-state index in [4.69, 9.17) is 14.2 Å². The minimum Gasteiger partial charge on any atom is -0.493 e. The van der Waals surface area contributed by atoms with Crippen molar-refractivity contribution >= 4 is 6.29 Å². The summed E-state index contributed by atoms with van der Waals surface area (Å²) in [6.45, 7) is 7.66. The number of aldehydes is 1. The highest BCUT2D eigenvalue weighted by Crippen LogP contribution is 2.35. The van der Waals surface area contributed by atoms with Crippen molar-refractivity contribution < 1.29 is 19.0 Å². The fraction of sp³-hybridized carbons (Fsp3) is 0.500. The maximum Gasteiger partial charge on any atom is 0.165 e. The van der Waals surface area contributed by atoms with Gasteiger partial charge in [0.1, 0.15) is 5.75 Å². The Hall–Kier alpha value is -1.71. The van der Waals surface area contributed by atoms with E-state index >= 15 is 0 Å². The molecule has 0 aliphatic heterocycles. The number of rotatable bonds is 6. The van der Waals surface area contributed by atoms with Crippen LogP contribution in [0.25, 0.3) is 0 Å². The van der Waals surface area contributed by atoms with Gasteiger partial charge in [-0.15, -0.1) is 0 Å². The predicted octanol–water partition coefficient (Wildman–Crippen LogP) is 3.08. The highest BCUT2D eigenvalue weighted by molar-refractivity contribution is 5.81. The Morgan fingerprint density at radius 2 is 1.50 bits per heavy atom. The molecule has 0 fully saturated rings. The lowest BCUT2D eigenvalue weighted by Crippen LogP contribution is -2.10. The SMILES string of the molecule is COc1cc(C=O)c(OC(C)C)cc1OC(C)C. The molecule has 0 aliphatic carbocycles. The Kier molecular flexibility index (Phi) is 5.01. The van der Waals surface area contributed by atoms with Crippen LogP contribution < -0.4 is 14.2 Å². The molecule has 0 radical (unpaired) electrons. The van der Waals surface area contributed by atoms with Gasteiger partial charge < -0.3 is 14.2 Å². The van der Waals surface area contributed by atoms with Crippen LogP contribution in [0.3, 0.4) is 0 Å². The number of benzene rings is 1. The quantitative estimate of drug-likeness (QED) is 0.730. The zero-order valence-corrected chi connectivity index (χ0v) is 11.5. The van der Waals surface area contributed by atoms with Gasteiger partial charge in [-0.1, -0.05) is 0 Å². The fourth-order valence-electron chi connectivity index (χ4n) is 1.51. The minimum atomic E-state index is -0.0102. The highest BCUT2D eigenvalue weighted by Gasteiger charge is 2.14. The first-order chi connectivity index (χ1) is 8.47. The Balaban J connectivity index is 3.20. The third-order valence-corrected chi connectivity index (χ3v) is 2.15. The molecular weight excluding hydrogens is 232 g/mol. The maximum absolute atomic E-state index is 11.0. The summed E-state index contributed by atoms with van der Waals surface area (Å²) in [5, 5.41) is 0. The van der Waals surface area contributed by atoms with Crippen LogP contribution in [-0.4, -0.2) is 25.6 Å². The van der Waals surface area contributed by atoms with Crippen LogP contribution in [0.5, 0.6) is 17.2 Å². The predicted molar refractivity (Wildman–Crippen MR) is 69.9 cm³/mol. The number of ether oxygens (including phenoxy) is 3. The molecule has 0 saturated carbocycles. The minimum absolute atomic E-state index is 0.0102. The van der Waals surface area contributed by atoms with Gasteiger partial charge in [-0.2, -0.15) is 0 Å². The van der Waals surface area contributed by atoms with E-state index in [-0.39, 0.29) is 12.2 Å². The molecule has 0 unspecified atom stereocenters. The molecule has 0 amide bonds. The average molecular weight is 252 g/mol. The summed E-state index contributed by atoms with van der Waals surface area (Å²) in [6.07, 6.45) is 0.760. The van der Waals surface area contributed by atoms with Crippen molar-refractivity contribution in [1.29, 1.82) is 0 Å². The molecule has 0 heterocycles. The lowest BCUT2D eigenvalue weighted by Gasteiger charge is -2.17. The van der Waals surface area contributed by atoms with Crippen LogP contribution in [0.4, 0.5) is 0 Å². The van der Waals surface area contributed by atoms with Crippen LogP contribution >= 0.6 is 0 Å². The second-order valence-corrected chi connectivity index (χ2v) is 4.49. The van der Waals surface area contributed by atoms with E-state index in [1.165, 1.54) is 0 Å². The van der Waals surface area contributed by atoms with Gasteiger partial charge in [0.05, 0.1) is 24.9 Å². The van der Waals surface area contributed by atoms with Gasteiger partial charge in [-0.3, -0.25) is 4.79 Å². The lowest BCUT2D eigenvalue weighted by atomic mass is 10.2. The maximum atomic E-state index is 11.0. The molecule has 0 spiro atoms. The third kappa shape index (κ3) is 3.65. The molecule has 0 aliphatic rings. The van der Waals surface area contributed by atoms with Crippen LogP contribution in [-0.2, 0) is 0 Å². The molecule has 1 rings (SSSR count). The van der Waals surface area contributed by atoms with Crippen LogP contribution in [0, 0.1) is 0 Å². The van der Waals surface area contributed by atoms with E-state index in [2.05, 4.69) is 0 Å². The van der Waals surface area contributed by atoms with E-state index < -0.39 is 0 Å². The molecule has 0 bridgehead atoms. The van der Waals surface area contributed by atoms with Crippen molar-refractivity contribution in [3.8, 4) is 17.2 Å². The number of methoxy groups -OCH3 is 1. The first-order valence-electron chi connectivity index (χ1n) is 5.98. The zero-order valence-electron chi connectivity index (χ0n) is 11.5. The fourth-order valence-corrected chi connectivity index (χ4v) is 1.51. The lowest BCUT2D eigenvalue weighted by molar-refractivity contribution is 0.111. The Bertz CT molecular complexity index is 411. The highest BCUT2D eigenvalue weighted by atomic mass is 16.5. The van der Waals surface area contributed by atoms with Crippen molar-refractivity contribution in [2.24, 2.45) is 0 Å². The largest absolute Gasteiger partial charge is 0.493 e. The zero-order chi connectivity index (χ0) is 13.7. The van der Waals surface area contributed by atoms with Crippen molar-refractivity contribution in [3.05, 3.63) is 17.7 Å². The first kappa shape index (κ1) is 14.4. The van der Waals surface area contributed by atoms with Crippen molar-refractivity contribution in [2.75, 3.05) is 7.11 Å². The average Bonchev–Trinajstić information content (AvgIpc) is 2.28. The summed E-state index contributed by atoms with van der Waals surface area (Å²) in [5.74, 6) is 1.62. The smallest absolute Gasteiger partial charge is 0.165 e. The van der Waals surface area contributed by atoms with Gasteiger partial charge in [0.15, 0.2) is 17.8 Å². The second-order valence-electron chi connectivity index (χ2n) is 4.49. The summed E-state index contributed by atoms with van der Waals surface area (Å²) >= 11 is 0. The topological polar surface area (TPSA) is 44.8 Å². The van der Waals surface area contributed by atoms with Crippen LogP contribution in [0.2, 0.25) is 0 Å². The third-order valence-electron chi connectivity index (χ3n) is 2.15. The number of carbonyl (C=O) groups is 1. The molecule has 18 heavy (non-hydrogen) atoms. The van der Waals surface area contributed by atoms with Gasteiger partial charge in [0, 0.05) is 6.07 Å². The van der Waals surface area contributed by atoms with Gasteiger partial charge in [0.25, 0.3) is 0 Å². The molecule has 100 valence electrons. The number of hydrogen-bond acceptors (Lipinski definition) is 4. The molecule has 4 heteroatoms. The van der Waals surface area contributed by atoms with Gasteiger partial charge in [-0.25, -0.2) is 0 Å². The van der Waals surface area contributed by atoms with Crippen molar-refractivity contribution in [3.63, 3.8) is 0 Å². The summed E-state index contributed by atoms with van der Waals surface area (Å²) in [7, 11) is 1.54. The summed E-state index contributed by atoms with van der Waals surface area (Å²) in [4.78, 5) is 11.0. The van der Waals surface area contributed by atoms with E-state index in [0.717, 1.165) is 6.29 Å². The number of carbonyl (C=O) groups excluding carboxylic acids is 1. The van der Waals surface area contributed by atoms with E-state index in [0.29, 0.717) is 22.8 Å². The normalized spacial score (nSPS) is 10.6. The standard InChI is InChI=1S/C14H20O4/c1-9(2)17-12-7-14(18-10(3)4)13(16-5)6-11(12)8-15/h6-10H,1-5H3. The molecule has 0 saturated heterocycles. The van der Waals surface area contributed by atoms with Crippen LogP contribution in [0.15, 0.2) is 12.1 Å². The van der Waals surface area contributed by atoms with E-state index in [1.807, 2.05) is 27.7 Å². The van der Waals surface area contributed by atoms with Gasteiger partial charge in [-0.05, 0) is 33.8 Å². The number of hydrogen-bond donors (Lipinski definition) is 0. The monoisotopic (exact) mass is 252 g/mol. The van der Waals surface area contributed by atoms with Gasteiger partial charge in [0.2, 0.25) is 0 Å². The molecule has 0 atom stereocenters. The van der Waals surface area contributed by atoms with Crippen molar-refractivity contribution in [2.45, 2.75) is 39.9 Å². The first-order valence-corrected chi connectivity index (χ1v) is 5.98. The van der Waals surface area contributed by atoms with Gasteiger partial charge >= 0.3 is 0 Å². The Labute approximate surface area is 108 Å². The van der Waals surface area contributed by atoms with Crippen LogP contribution in [0.1, 0.15) is 38.1 Å².